The van der Waals surface area contributed by atoms with Gasteiger partial charge in [-0.05, 0) is 17.7 Å². The Bertz CT molecular complexity index is 858. The summed E-state index contributed by atoms with van der Waals surface area (Å²) >= 11 is 0.934. The predicted molar refractivity (Wildman–Crippen MR) is 122 cm³/mol. The van der Waals surface area contributed by atoms with E-state index in [-0.39, 0.29) is 42.4 Å². The molecule has 6 nitrogen and oxygen atoms in total. The summed E-state index contributed by atoms with van der Waals surface area (Å²) in [5.74, 6) is 0.117. The van der Waals surface area contributed by atoms with Gasteiger partial charge in [0.15, 0.2) is 11.7 Å². The van der Waals surface area contributed by atoms with Gasteiger partial charge in [-0.1, -0.05) is 12.1 Å². The van der Waals surface area contributed by atoms with E-state index in [4.69, 9.17) is 4.74 Å². The predicted octanol–water partition coefficient (Wildman–Crippen LogP) is 3.66. The Kier molecular flexibility index (Phi) is 9.90. The van der Waals surface area contributed by atoms with Crippen LogP contribution in [0.25, 0.3) is 0 Å². The fourth-order valence-corrected chi connectivity index (χ4v) is 3.90. The highest BCUT2D eigenvalue weighted by atomic mass is 127. The quantitative estimate of drug-likeness (QED) is 0.239. The lowest BCUT2D eigenvalue weighted by atomic mass is 10.0. The molecular weight excluding hydrogens is 549 g/mol. The number of guanidine groups is 1. The van der Waals surface area contributed by atoms with Gasteiger partial charge in [-0.25, -0.2) is 9.37 Å². The maximum Gasteiger partial charge on any atom is 0.434 e. The summed E-state index contributed by atoms with van der Waals surface area (Å²) in [6, 6.07) is 6.34. The van der Waals surface area contributed by atoms with E-state index >= 15 is 0 Å². The Morgan fingerprint density at radius 3 is 2.65 bits per heavy atom. The molecule has 1 aliphatic rings. The SMILES string of the molecule is CN=C(NCc1nc(C(F)(F)F)cs1)NCC(c1cccc(F)c1)N1CCOCC1.I. The number of hydrogen-bond acceptors (Lipinski definition) is 5. The van der Waals surface area contributed by atoms with Gasteiger partial charge < -0.3 is 15.4 Å². The van der Waals surface area contributed by atoms with Crippen LogP contribution in [0.1, 0.15) is 22.3 Å². The van der Waals surface area contributed by atoms with E-state index < -0.39 is 11.9 Å². The number of ether oxygens (including phenoxy) is 1. The number of aliphatic imine (C=N–C) groups is 1. The van der Waals surface area contributed by atoms with Gasteiger partial charge >= 0.3 is 6.18 Å². The van der Waals surface area contributed by atoms with Crippen molar-refractivity contribution in [3.05, 3.63) is 51.7 Å². The van der Waals surface area contributed by atoms with Gasteiger partial charge in [0, 0.05) is 32.1 Å². The Hall–Kier alpha value is -1.51. The van der Waals surface area contributed by atoms with Crippen LogP contribution in [0.5, 0.6) is 0 Å². The van der Waals surface area contributed by atoms with Gasteiger partial charge in [-0.15, -0.1) is 35.3 Å². The van der Waals surface area contributed by atoms with Gasteiger partial charge in [-0.3, -0.25) is 9.89 Å². The molecule has 0 bridgehead atoms. The molecule has 1 atom stereocenters. The molecule has 1 fully saturated rings. The molecule has 1 saturated heterocycles. The summed E-state index contributed by atoms with van der Waals surface area (Å²) in [4.78, 5) is 9.92. The molecule has 1 aromatic heterocycles. The molecule has 3 rings (SSSR count). The number of morpholine rings is 1. The van der Waals surface area contributed by atoms with Crippen molar-refractivity contribution >= 4 is 41.3 Å². The normalized spacial score (nSPS) is 16.5. The molecule has 31 heavy (non-hydrogen) atoms. The third-order valence-electron chi connectivity index (χ3n) is 4.66. The number of halogens is 5. The zero-order chi connectivity index (χ0) is 21.6. The summed E-state index contributed by atoms with van der Waals surface area (Å²) < 4.78 is 57.2. The summed E-state index contributed by atoms with van der Waals surface area (Å²) in [5, 5.41) is 7.45. The Morgan fingerprint density at radius 2 is 2.03 bits per heavy atom. The Morgan fingerprint density at radius 1 is 1.29 bits per heavy atom. The third kappa shape index (κ3) is 7.54. The molecular formula is C19H24F4IN5OS. The summed E-state index contributed by atoms with van der Waals surface area (Å²) in [6.07, 6.45) is -4.45. The molecule has 0 radical (unpaired) electrons. The first-order chi connectivity index (χ1) is 14.4. The number of nitrogens with zero attached hydrogens (tertiary/aromatic N) is 3. The van der Waals surface area contributed by atoms with E-state index in [2.05, 4.69) is 25.5 Å². The second-order valence-corrected chi connectivity index (χ2v) is 7.59. The maximum atomic E-state index is 13.8. The lowest BCUT2D eigenvalue weighted by Crippen LogP contribution is -2.46. The lowest BCUT2D eigenvalue weighted by Gasteiger charge is -2.35. The van der Waals surface area contributed by atoms with Crippen molar-refractivity contribution in [2.24, 2.45) is 4.99 Å². The molecule has 1 aliphatic heterocycles. The zero-order valence-electron chi connectivity index (χ0n) is 16.8. The number of rotatable bonds is 6. The van der Waals surface area contributed by atoms with Crippen molar-refractivity contribution in [1.82, 2.24) is 20.5 Å². The molecule has 1 unspecified atom stereocenters. The van der Waals surface area contributed by atoms with Crippen LogP contribution in [-0.2, 0) is 17.5 Å². The number of alkyl halides is 3. The summed E-state index contributed by atoms with van der Waals surface area (Å²) in [5.41, 5.74) is -0.0691. The first-order valence-electron chi connectivity index (χ1n) is 9.40. The highest BCUT2D eigenvalue weighted by molar-refractivity contribution is 14.0. The lowest BCUT2D eigenvalue weighted by molar-refractivity contribution is -0.140. The molecule has 2 N–H and O–H groups in total. The maximum absolute atomic E-state index is 13.8. The van der Waals surface area contributed by atoms with Gasteiger partial charge in [0.05, 0.1) is 25.8 Å². The van der Waals surface area contributed by atoms with Crippen molar-refractivity contribution in [2.45, 2.75) is 18.8 Å². The minimum Gasteiger partial charge on any atom is -0.379 e. The zero-order valence-corrected chi connectivity index (χ0v) is 19.9. The van der Waals surface area contributed by atoms with Gasteiger partial charge in [0.1, 0.15) is 10.8 Å². The highest BCUT2D eigenvalue weighted by Crippen LogP contribution is 2.30. The fraction of sp³-hybridized carbons (Fsp3) is 0.474. The van der Waals surface area contributed by atoms with Crippen molar-refractivity contribution in [2.75, 3.05) is 39.9 Å². The van der Waals surface area contributed by atoms with Crippen LogP contribution in [0.4, 0.5) is 17.6 Å². The van der Waals surface area contributed by atoms with Gasteiger partial charge in [0.25, 0.3) is 0 Å². The third-order valence-corrected chi connectivity index (χ3v) is 5.50. The molecule has 0 saturated carbocycles. The number of thiazole rings is 1. The standard InChI is InChI=1S/C19H23F4N5OS.HI/c1-24-18(26-11-17-27-16(12-30-17)19(21,22)23)25-10-15(28-5-7-29-8-6-28)13-3-2-4-14(20)9-13;/h2-4,9,12,15H,5-8,10-11H2,1H3,(H2,24,25,26);1H. The molecule has 12 heteroatoms. The second-order valence-electron chi connectivity index (χ2n) is 6.65. The van der Waals surface area contributed by atoms with E-state index in [1.165, 1.54) is 12.1 Å². The number of hydrogen-bond donors (Lipinski definition) is 2. The number of nitrogens with one attached hydrogen (secondary N) is 2. The number of benzene rings is 1. The monoisotopic (exact) mass is 573 g/mol. The first-order valence-corrected chi connectivity index (χ1v) is 10.3. The average molecular weight is 573 g/mol. The van der Waals surface area contributed by atoms with Crippen molar-refractivity contribution in [3.63, 3.8) is 0 Å². The van der Waals surface area contributed by atoms with Crippen LogP contribution in [0, 0.1) is 5.82 Å². The fourth-order valence-electron chi connectivity index (χ4n) is 3.16. The van der Waals surface area contributed by atoms with Crippen molar-refractivity contribution < 1.29 is 22.3 Å². The van der Waals surface area contributed by atoms with E-state index in [1.807, 2.05) is 6.07 Å². The van der Waals surface area contributed by atoms with Crippen LogP contribution in [0.2, 0.25) is 0 Å². The van der Waals surface area contributed by atoms with E-state index in [9.17, 15) is 17.6 Å². The smallest absolute Gasteiger partial charge is 0.379 e. The van der Waals surface area contributed by atoms with Crippen LogP contribution >= 0.6 is 35.3 Å². The van der Waals surface area contributed by atoms with Crippen LogP contribution < -0.4 is 10.6 Å². The molecule has 0 spiro atoms. The molecule has 0 aliphatic carbocycles. The molecule has 2 heterocycles. The minimum atomic E-state index is -4.45. The van der Waals surface area contributed by atoms with Gasteiger partial charge in [0.2, 0.25) is 0 Å². The van der Waals surface area contributed by atoms with E-state index in [1.54, 1.807) is 13.1 Å². The highest BCUT2D eigenvalue weighted by Gasteiger charge is 2.33. The van der Waals surface area contributed by atoms with Crippen molar-refractivity contribution in [3.8, 4) is 0 Å². The average Bonchev–Trinajstić information content (AvgIpc) is 3.21. The Balaban J connectivity index is 0.00000341. The molecule has 1 aromatic carbocycles. The largest absolute Gasteiger partial charge is 0.434 e. The van der Waals surface area contributed by atoms with Crippen LogP contribution in [0.3, 0.4) is 0 Å². The van der Waals surface area contributed by atoms with E-state index in [0.717, 1.165) is 22.3 Å². The Labute approximate surface area is 199 Å². The van der Waals surface area contributed by atoms with Crippen molar-refractivity contribution in [1.29, 1.82) is 0 Å². The topological polar surface area (TPSA) is 61.8 Å². The van der Waals surface area contributed by atoms with Crippen LogP contribution in [-0.4, -0.2) is 55.7 Å². The summed E-state index contributed by atoms with van der Waals surface area (Å²) in [7, 11) is 1.57. The molecule has 172 valence electrons. The first kappa shape index (κ1) is 25.7. The second kappa shape index (κ2) is 11.9. The minimum absolute atomic E-state index is 0. The molecule has 0 amide bonds. The molecule has 2 aromatic rings. The number of aromatic nitrogens is 1. The van der Waals surface area contributed by atoms with Crippen LogP contribution in [0.15, 0.2) is 34.6 Å². The van der Waals surface area contributed by atoms with Gasteiger partial charge in [-0.2, -0.15) is 13.2 Å². The summed E-state index contributed by atoms with van der Waals surface area (Å²) in [6.45, 7) is 3.19. The van der Waals surface area contributed by atoms with E-state index in [0.29, 0.717) is 43.8 Å².